The van der Waals surface area contributed by atoms with Gasteiger partial charge >= 0.3 is 6.09 Å². The Kier molecular flexibility index (Phi) is 7.01. The van der Waals surface area contributed by atoms with E-state index in [1.54, 1.807) is 29.2 Å². The zero-order valence-corrected chi connectivity index (χ0v) is 21.2. The molecule has 1 aliphatic heterocycles. The minimum Gasteiger partial charge on any atom is -0.444 e. The van der Waals surface area contributed by atoms with Crippen molar-refractivity contribution >= 4 is 12.2 Å². The summed E-state index contributed by atoms with van der Waals surface area (Å²) in [7, 11) is 0. The molecule has 1 saturated heterocycles. The van der Waals surface area contributed by atoms with Crippen molar-refractivity contribution in [3.63, 3.8) is 0 Å². The lowest BCUT2D eigenvalue weighted by Crippen LogP contribution is -2.49. The molecule has 0 unspecified atom stereocenters. The van der Waals surface area contributed by atoms with E-state index in [9.17, 15) is 13.6 Å². The van der Waals surface area contributed by atoms with Gasteiger partial charge in [0.25, 0.3) is 0 Å². The van der Waals surface area contributed by atoms with Gasteiger partial charge in [-0.3, -0.25) is 4.90 Å². The number of carbonyl (C=O) groups is 1. The maximum absolute atomic E-state index is 13.5. The molecule has 1 atom stereocenters. The first-order chi connectivity index (χ1) is 16.9. The average Bonchev–Trinajstić information content (AvgIpc) is 3.11. The van der Waals surface area contributed by atoms with E-state index >= 15 is 0 Å². The Hall–Kier alpha value is -3.51. The first-order valence-electron chi connectivity index (χ1n) is 11.9. The van der Waals surface area contributed by atoms with Gasteiger partial charge in [-0.05, 0) is 105 Å². The summed E-state index contributed by atoms with van der Waals surface area (Å²) >= 11 is 0. The van der Waals surface area contributed by atoms with E-state index in [-0.39, 0.29) is 17.7 Å². The molecular weight excluding hydrogens is 460 g/mol. The number of amides is 1. The van der Waals surface area contributed by atoms with Crippen molar-refractivity contribution in [2.45, 2.75) is 52.0 Å². The highest BCUT2D eigenvalue weighted by molar-refractivity contribution is 5.77. The molecule has 36 heavy (non-hydrogen) atoms. The maximum Gasteiger partial charge on any atom is 0.413 e. The summed E-state index contributed by atoms with van der Waals surface area (Å²) < 4.78 is 38.6. The van der Waals surface area contributed by atoms with Crippen molar-refractivity contribution in [2.24, 2.45) is 0 Å². The summed E-state index contributed by atoms with van der Waals surface area (Å²) in [6.07, 6.45) is 3.43. The molecule has 4 rings (SSSR count). The molecule has 1 heterocycles. The van der Waals surface area contributed by atoms with E-state index in [1.165, 1.54) is 24.3 Å². The number of nitrogens with zero attached hydrogens (tertiary/aromatic N) is 1. The minimum absolute atomic E-state index is 0.306. The summed E-state index contributed by atoms with van der Waals surface area (Å²) in [5.41, 5.74) is 2.94. The Labute approximate surface area is 211 Å². The third kappa shape index (κ3) is 6.00. The lowest BCUT2D eigenvalue weighted by atomic mass is 9.95. The van der Waals surface area contributed by atoms with Crippen LogP contribution in [0.5, 0.6) is 0 Å². The second kappa shape index (κ2) is 9.86. The lowest BCUT2D eigenvalue weighted by Gasteiger charge is -2.34. The van der Waals surface area contributed by atoms with Crippen LogP contribution in [0.25, 0.3) is 28.3 Å². The molecule has 0 saturated carbocycles. The van der Waals surface area contributed by atoms with Crippen molar-refractivity contribution in [1.82, 2.24) is 4.90 Å². The molecule has 0 N–H and O–H groups in total. The molecular formula is C30H31F2NO3. The molecule has 0 aromatic heterocycles. The molecule has 188 valence electrons. The molecule has 0 spiro atoms. The van der Waals surface area contributed by atoms with E-state index in [0.717, 1.165) is 27.8 Å². The quantitative estimate of drug-likeness (QED) is 0.376. The second-order valence-electron chi connectivity index (χ2n) is 10.4. The number of carbonyl (C=O) groups excluding carboxylic acids is 1. The van der Waals surface area contributed by atoms with Gasteiger partial charge < -0.3 is 9.47 Å². The van der Waals surface area contributed by atoms with E-state index in [1.807, 2.05) is 65.0 Å². The first kappa shape index (κ1) is 25.6. The lowest BCUT2D eigenvalue weighted by molar-refractivity contribution is -0.0610. The minimum atomic E-state index is -0.813. The highest BCUT2D eigenvalue weighted by atomic mass is 19.1. The zero-order valence-electron chi connectivity index (χ0n) is 21.2. The number of benzene rings is 3. The highest BCUT2D eigenvalue weighted by Gasteiger charge is 2.44. The number of halogens is 2. The Morgan fingerprint density at radius 1 is 0.917 bits per heavy atom. The Balaban J connectivity index is 1.70. The van der Waals surface area contributed by atoms with Gasteiger partial charge in [0.15, 0.2) is 0 Å². The smallest absolute Gasteiger partial charge is 0.413 e. The molecule has 1 aliphatic rings. The topological polar surface area (TPSA) is 38.8 Å². The average molecular weight is 492 g/mol. The normalized spacial score (nSPS) is 17.5. The maximum atomic E-state index is 13.5. The number of rotatable bonds is 4. The molecule has 4 nitrogen and oxygen atoms in total. The van der Waals surface area contributed by atoms with Gasteiger partial charge in [0.05, 0.1) is 12.6 Å². The van der Waals surface area contributed by atoms with Crippen LogP contribution in [0.15, 0.2) is 72.8 Å². The van der Waals surface area contributed by atoms with Crippen LogP contribution in [0.4, 0.5) is 13.6 Å². The van der Waals surface area contributed by atoms with E-state index in [4.69, 9.17) is 9.47 Å². The van der Waals surface area contributed by atoms with Crippen LogP contribution in [0.3, 0.4) is 0 Å². The summed E-state index contributed by atoms with van der Waals surface area (Å²) in [4.78, 5) is 14.6. The monoisotopic (exact) mass is 491 g/mol. The van der Waals surface area contributed by atoms with Gasteiger partial charge in [-0.1, -0.05) is 36.4 Å². The van der Waals surface area contributed by atoms with Gasteiger partial charge in [0, 0.05) is 0 Å². The van der Waals surface area contributed by atoms with Crippen molar-refractivity contribution in [3.8, 4) is 22.3 Å². The third-order valence-corrected chi connectivity index (χ3v) is 5.93. The Morgan fingerprint density at radius 2 is 1.42 bits per heavy atom. The van der Waals surface area contributed by atoms with Crippen LogP contribution >= 0.6 is 0 Å². The summed E-state index contributed by atoms with van der Waals surface area (Å²) in [5, 5.41) is 0. The summed E-state index contributed by atoms with van der Waals surface area (Å²) in [6.45, 7) is 9.51. The van der Waals surface area contributed by atoms with Gasteiger partial charge in [0.2, 0.25) is 0 Å². The van der Waals surface area contributed by atoms with Crippen LogP contribution in [0.2, 0.25) is 0 Å². The number of hydrogen-bond acceptors (Lipinski definition) is 3. The fourth-order valence-electron chi connectivity index (χ4n) is 4.23. The number of hydrogen-bond donors (Lipinski definition) is 0. The summed E-state index contributed by atoms with van der Waals surface area (Å²) in [6, 6.07) is 18.3. The molecule has 0 bridgehead atoms. The van der Waals surface area contributed by atoms with E-state index < -0.39 is 17.4 Å². The van der Waals surface area contributed by atoms with Crippen LogP contribution in [0, 0.1) is 11.6 Å². The van der Waals surface area contributed by atoms with Crippen molar-refractivity contribution in [3.05, 3.63) is 90.0 Å². The Bertz CT molecular complexity index is 1200. The third-order valence-electron chi connectivity index (χ3n) is 5.93. The van der Waals surface area contributed by atoms with Crippen molar-refractivity contribution in [1.29, 1.82) is 0 Å². The van der Waals surface area contributed by atoms with Gasteiger partial charge in [-0.25, -0.2) is 13.6 Å². The first-order valence-corrected chi connectivity index (χ1v) is 11.9. The van der Waals surface area contributed by atoms with Gasteiger partial charge in [-0.2, -0.15) is 0 Å². The SMILES string of the molecule is CC(C)(C)OC(=O)N1[C@H](/C=C\c2cc(-c3ccc(F)cc3)cc(-c3ccc(F)cc3)c2)COC1(C)C. The Morgan fingerprint density at radius 3 is 1.89 bits per heavy atom. The fourth-order valence-corrected chi connectivity index (χ4v) is 4.23. The van der Waals surface area contributed by atoms with Crippen molar-refractivity contribution in [2.75, 3.05) is 6.61 Å². The van der Waals surface area contributed by atoms with Crippen LogP contribution in [0.1, 0.15) is 40.2 Å². The van der Waals surface area contributed by atoms with Crippen LogP contribution < -0.4 is 0 Å². The predicted octanol–water partition coefficient (Wildman–Crippen LogP) is 7.68. The largest absolute Gasteiger partial charge is 0.444 e. The summed E-state index contributed by atoms with van der Waals surface area (Å²) in [5.74, 6) is -0.612. The van der Waals surface area contributed by atoms with Crippen LogP contribution in [-0.2, 0) is 9.47 Å². The standard InChI is InChI=1S/C30H31F2NO3/c1-29(2,3)36-28(34)33-27(19-35-30(33,4)5)15-6-20-16-23(21-7-11-25(31)12-8-21)18-24(17-20)22-9-13-26(32)14-10-22/h6-18,27H,19H2,1-5H3/b15-6-/t27-/m1/s1. The molecule has 0 aliphatic carbocycles. The van der Waals surface area contributed by atoms with Crippen LogP contribution in [-0.4, -0.2) is 35.0 Å². The molecule has 1 fully saturated rings. The van der Waals surface area contributed by atoms with E-state index in [2.05, 4.69) is 0 Å². The fraction of sp³-hybridized carbons (Fsp3) is 0.300. The molecule has 3 aromatic rings. The zero-order chi connectivity index (χ0) is 26.1. The predicted molar refractivity (Wildman–Crippen MR) is 138 cm³/mol. The molecule has 0 radical (unpaired) electrons. The number of ether oxygens (including phenoxy) is 2. The molecule has 3 aromatic carbocycles. The highest BCUT2D eigenvalue weighted by Crippen LogP contribution is 2.32. The molecule has 1 amide bonds. The van der Waals surface area contributed by atoms with Gasteiger partial charge in [-0.15, -0.1) is 0 Å². The van der Waals surface area contributed by atoms with E-state index in [0.29, 0.717) is 6.61 Å². The van der Waals surface area contributed by atoms with Gasteiger partial charge in [0.1, 0.15) is 23.0 Å². The van der Waals surface area contributed by atoms with Crippen molar-refractivity contribution < 1.29 is 23.0 Å². The second-order valence-corrected chi connectivity index (χ2v) is 10.4. The molecule has 6 heteroatoms.